The molecule has 0 unspecified atom stereocenters. The summed E-state index contributed by atoms with van der Waals surface area (Å²) in [6, 6.07) is 11.1. The van der Waals surface area contributed by atoms with Gasteiger partial charge >= 0.3 is 0 Å². The number of hydrogen-bond donors (Lipinski definition) is 2. The third kappa shape index (κ3) is 4.28. The third-order valence-corrected chi connectivity index (χ3v) is 6.69. The molecule has 0 saturated heterocycles. The Morgan fingerprint density at radius 3 is 2.49 bits per heavy atom. The summed E-state index contributed by atoms with van der Waals surface area (Å²) in [7, 11) is -3.08. The van der Waals surface area contributed by atoms with E-state index in [-0.39, 0.29) is 11.6 Å². The van der Waals surface area contributed by atoms with Gasteiger partial charge in [0.2, 0.25) is 5.88 Å². The van der Waals surface area contributed by atoms with Crippen molar-refractivity contribution in [2.24, 2.45) is 0 Å². The molecule has 0 aliphatic carbocycles. The van der Waals surface area contributed by atoms with Crippen molar-refractivity contribution >= 4 is 26.7 Å². The number of aromatic amines is 1. The van der Waals surface area contributed by atoms with Crippen molar-refractivity contribution in [3.8, 4) is 28.3 Å². The van der Waals surface area contributed by atoms with Crippen LogP contribution in [0.1, 0.15) is 0 Å². The Kier molecular flexibility index (Phi) is 5.61. The largest absolute Gasteiger partial charge is 0.480 e. The first-order valence-electron chi connectivity index (χ1n) is 10.3. The Morgan fingerprint density at radius 2 is 1.74 bits per heavy atom. The van der Waals surface area contributed by atoms with Crippen LogP contribution >= 0.6 is 0 Å². The van der Waals surface area contributed by atoms with Crippen molar-refractivity contribution < 1.29 is 21.9 Å². The smallest absolute Gasteiger partial charge is 0.264 e. The highest BCUT2D eigenvalue weighted by atomic mass is 32.2. The molecule has 4 heterocycles. The van der Waals surface area contributed by atoms with Crippen LogP contribution in [0.15, 0.2) is 78.2 Å². The van der Waals surface area contributed by atoms with E-state index in [0.29, 0.717) is 28.2 Å². The molecule has 5 aromatic rings. The molecule has 35 heavy (non-hydrogen) atoms. The molecule has 0 aliphatic heterocycles. The molecule has 5 rings (SSSR count). The first-order valence-corrected chi connectivity index (χ1v) is 11.7. The van der Waals surface area contributed by atoms with Gasteiger partial charge in [-0.1, -0.05) is 0 Å². The fourth-order valence-corrected chi connectivity index (χ4v) is 4.79. The van der Waals surface area contributed by atoms with Gasteiger partial charge in [0.15, 0.2) is 0 Å². The van der Waals surface area contributed by atoms with E-state index in [1.54, 1.807) is 24.7 Å². The second-order valence-electron chi connectivity index (χ2n) is 7.50. The summed E-state index contributed by atoms with van der Waals surface area (Å²) in [5.41, 5.74) is 4.41. The van der Waals surface area contributed by atoms with Gasteiger partial charge in [-0.05, 0) is 42.5 Å². The van der Waals surface area contributed by atoms with Gasteiger partial charge in [0.05, 0.1) is 18.1 Å². The van der Waals surface area contributed by atoms with Crippen LogP contribution in [0.4, 0.5) is 14.5 Å². The van der Waals surface area contributed by atoms with Gasteiger partial charge in [-0.25, -0.2) is 22.2 Å². The van der Waals surface area contributed by atoms with E-state index in [1.807, 2.05) is 18.2 Å². The molecule has 0 aliphatic rings. The van der Waals surface area contributed by atoms with Crippen molar-refractivity contribution in [1.82, 2.24) is 19.9 Å². The maximum Gasteiger partial charge on any atom is 0.264 e. The number of ether oxygens (including phenoxy) is 1. The van der Waals surface area contributed by atoms with Crippen LogP contribution in [-0.4, -0.2) is 35.5 Å². The highest BCUT2D eigenvalue weighted by Crippen LogP contribution is 2.34. The SMILES string of the molecule is COc1ncc(-c2ccnc3cc(-c4ccncc4)[nH]c23)cc1NS(=O)(=O)c1ccc(F)cc1F. The molecule has 0 fully saturated rings. The number of anilines is 1. The molecule has 2 N–H and O–H groups in total. The molecule has 0 atom stereocenters. The molecule has 0 spiro atoms. The molecule has 1 aromatic carbocycles. The second kappa shape index (κ2) is 8.76. The zero-order valence-corrected chi connectivity index (χ0v) is 19.0. The third-order valence-electron chi connectivity index (χ3n) is 5.30. The fraction of sp³-hybridized carbons (Fsp3) is 0.0417. The lowest BCUT2D eigenvalue weighted by Gasteiger charge is -2.13. The zero-order chi connectivity index (χ0) is 24.6. The molecular weight excluding hydrogens is 476 g/mol. The molecule has 176 valence electrons. The lowest BCUT2D eigenvalue weighted by atomic mass is 10.1. The summed E-state index contributed by atoms with van der Waals surface area (Å²) in [6.07, 6.45) is 6.52. The molecular formula is C24H17F2N5O3S. The van der Waals surface area contributed by atoms with Crippen LogP contribution in [0, 0.1) is 11.6 Å². The Balaban J connectivity index is 1.58. The van der Waals surface area contributed by atoms with Gasteiger partial charge < -0.3 is 9.72 Å². The zero-order valence-electron chi connectivity index (χ0n) is 18.2. The number of nitrogens with zero attached hydrogens (tertiary/aromatic N) is 3. The van der Waals surface area contributed by atoms with Crippen LogP contribution < -0.4 is 9.46 Å². The Hall–Kier alpha value is -4.38. The van der Waals surface area contributed by atoms with Crippen molar-refractivity contribution in [1.29, 1.82) is 0 Å². The summed E-state index contributed by atoms with van der Waals surface area (Å²) in [5, 5.41) is 0. The Morgan fingerprint density at radius 1 is 0.943 bits per heavy atom. The first-order chi connectivity index (χ1) is 16.9. The number of nitrogens with one attached hydrogen (secondary N) is 2. The Labute approximate surface area is 198 Å². The summed E-state index contributed by atoms with van der Waals surface area (Å²) < 4.78 is 60.6. The summed E-state index contributed by atoms with van der Waals surface area (Å²) in [4.78, 5) is 15.3. The number of methoxy groups -OCH3 is 1. The molecule has 11 heteroatoms. The van der Waals surface area contributed by atoms with E-state index in [0.717, 1.165) is 23.4 Å². The standard InChI is InChI=1S/C24H17F2N5O3S/c1-34-24-21(31-35(32,33)22-3-2-16(25)11-18(22)26)10-15(13-29-24)17-6-9-28-20-12-19(30-23(17)20)14-4-7-27-8-5-14/h2-13,30-31H,1H3. The predicted octanol–water partition coefficient (Wildman–Crippen LogP) is 4.77. The maximum atomic E-state index is 14.2. The van der Waals surface area contributed by atoms with Crippen LogP contribution in [0.25, 0.3) is 33.4 Å². The van der Waals surface area contributed by atoms with Crippen molar-refractivity contribution in [3.63, 3.8) is 0 Å². The number of rotatable bonds is 6. The highest BCUT2D eigenvalue weighted by molar-refractivity contribution is 7.92. The van der Waals surface area contributed by atoms with Crippen molar-refractivity contribution in [2.75, 3.05) is 11.8 Å². The van der Waals surface area contributed by atoms with Crippen molar-refractivity contribution in [3.05, 3.63) is 85.0 Å². The van der Waals surface area contributed by atoms with E-state index < -0.39 is 26.6 Å². The van der Waals surface area contributed by atoms with Gasteiger partial charge in [-0.3, -0.25) is 14.7 Å². The molecule has 0 radical (unpaired) electrons. The van der Waals surface area contributed by atoms with Gasteiger partial charge in [0.25, 0.3) is 10.0 Å². The summed E-state index contributed by atoms with van der Waals surface area (Å²) >= 11 is 0. The number of hydrogen-bond acceptors (Lipinski definition) is 6. The van der Waals surface area contributed by atoms with E-state index in [1.165, 1.54) is 19.4 Å². The van der Waals surface area contributed by atoms with E-state index >= 15 is 0 Å². The number of benzene rings is 1. The Bertz CT molecular complexity index is 1660. The second-order valence-corrected chi connectivity index (χ2v) is 9.15. The van der Waals surface area contributed by atoms with Crippen molar-refractivity contribution in [2.45, 2.75) is 4.90 Å². The number of pyridine rings is 3. The van der Waals surface area contributed by atoms with Crippen LogP contribution in [0.2, 0.25) is 0 Å². The number of sulfonamides is 1. The van der Waals surface area contributed by atoms with Gasteiger partial charge in [-0.2, -0.15) is 0 Å². The molecule has 0 saturated carbocycles. The average Bonchev–Trinajstić information content (AvgIpc) is 3.29. The quantitative estimate of drug-likeness (QED) is 0.353. The average molecular weight is 493 g/mol. The molecule has 0 bridgehead atoms. The minimum Gasteiger partial charge on any atom is -0.480 e. The number of fused-ring (bicyclic) bond motifs is 1. The lowest BCUT2D eigenvalue weighted by molar-refractivity contribution is 0.400. The fourth-order valence-electron chi connectivity index (χ4n) is 3.68. The molecule has 4 aromatic heterocycles. The van der Waals surface area contributed by atoms with Gasteiger partial charge in [0.1, 0.15) is 22.2 Å². The summed E-state index contributed by atoms with van der Waals surface area (Å²) in [6.45, 7) is 0. The maximum absolute atomic E-state index is 14.2. The lowest BCUT2D eigenvalue weighted by Crippen LogP contribution is -2.15. The minimum absolute atomic E-state index is 0.0143. The van der Waals surface area contributed by atoms with Gasteiger partial charge in [-0.15, -0.1) is 0 Å². The number of halogens is 2. The predicted molar refractivity (Wildman–Crippen MR) is 126 cm³/mol. The first kappa shape index (κ1) is 22.4. The summed E-state index contributed by atoms with van der Waals surface area (Å²) in [5.74, 6) is -2.12. The van der Waals surface area contributed by atoms with E-state index in [9.17, 15) is 17.2 Å². The van der Waals surface area contributed by atoms with Gasteiger partial charge in [0, 0.05) is 53.2 Å². The number of aromatic nitrogens is 4. The minimum atomic E-state index is -4.40. The number of H-pyrrole nitrogens is 1. The van der Waals surface area contributed by atoms with Crippen LogP contribution in [0.5, 0.6) is 5.88 Å². The van der Waals surface area contributed by atoms with E-state index in [4.69, 9.17) is 4.74 Å². The highest BCUT2D eigenvalue weighted by Gasteiger charge is 2.22. The molecule has 0 amide bonds. The monoisotopic (exact) mass is 493 g/mol. The topological polar surface area (TPSA) is 110 Å². The normalized spacial score (nSPS) is 11.5. The molecule has 8 nitrogen and oxygen atoms in total. The van der Waals surface area contributed by atoms with Crippen LogP contribution in [-0.2, 0) is 10.0 Å². The van der Waals surface area contributed by atoms with E-state index in [2.05, 4.69) is 24.7 Å². The van der Waals surface area contributed by atoms with Crippen LogP contribution in [0.3, 0.4) is 0 Å².